The maximum absolute atomic E-state index is 13.3. The maximum atomic E-state index is 13.3. The molecule has 1 unspecified atom stereocenters. The summed E-state index contributed by atoms with van der Waals surface area (Å²) in [4.78, 5) is 18.0. The van der Waals surface area contributed by atoms with E-state index in [-0.39, 0.29) is 11.9 Å². The Labute approximate surface area is 191 Å². The number of aromatic nitrogens is 1. The molecular formula is C25H26N4O2S. The maximum Gasteiger partial charge on any atom is 0.247 e. The van der Waals surface area contributed by atoms with Crippen LogP contribution in [0, 0.1) is 6.92 Å². The summed E-state index contributed by atoms with van der Waals surface area (Å²) in [6, 6.07) is 19.9. The molecule has 5 rings (SSSR count). The van der Waals surface area contributed by atoms with E-state index in [1.807, 2.05) is 48.6 Å². The number of hydrogen-bond acceptors (Lipinski definition) is 6. The summed E-state index contributed by atoms with van der Waals surface area (Å²) in [5.74, 6) is 1.05. The number of carbonyl (C=O) groups is 1. The molecule has 1 atom stereocenters. The van der Waals surface area contributed by atoms with Crippen molar-refractivity contribution in [2.45, 2.75) is 19.5 Å². The number of rotatable bonds is 6. The van der Waals surface area contributed by atoms with E-state index in [0.717, 1.165) is 38.3 Å². The Morgan fingerprint density at radius 2 is 1.84 bits per heavy atom. The van der Waals surface area contributed by atoms with Crippen molar-refractivity contribution in [1.82, 2.24) is 15.0 Å². The summed E-state index contributed by atoms with van der Waals surface area (Å²) in [5, 5.41) is 10.5. The lowest BCUT2D eigenvalue weighted by Gasteiger charge is -2.38. The van der Waals surface area contributed by atoms with Crippen LogP contribution in [0.2, 0.25) is 0 Å². The first-order valence-electron chi connectivity index (χ1n) is 10.9. The van der Waals surface area contributed by atoms with Crippen molar-refractivity contribution in [3.63, 3.8) is 0 Å². The zero-order valence-electron chi connectivity index (χ0n) is 18.0. The zero-order chi connectivity index (χ0) is 21.9. The molecule has 1 saturated heterocycles. The van der Waals surface area contributed by atoms with Crippen molar-refractivity contribution in [3.8, 4) is 0 Å². The van der Waals surface area contributed by atoms with Crippen LogP contribution in [0.5, 0.6) is 0 Å². The van der Waals surface area contributed by atoms with Crippen molar-refractivity contribution < 1.29 is 9.32 Å². The monoisotopic (exact) mass is 446 g/mol. The number of aryl methyl sites for hydroxylation is 1. The minimum absolute atomic E-state index is 0.0817. The third kappa shape index (κ3) is 4.46. The first-order chi connectivity index (χ1) is 15.7. The number of thiophene rings is 1. The fourth-order valence-corrected chi connectivity index (χ4v) is 5.31. The van der Waals surface area contributed by atoms with E-state index in [4.69, 9.17) is 4.52 Å². The second-order valence-electron chi connectivity index (χ2n) is 8.19. The molecule has 1 N–H and O–H groups in total. The summed E-state index contributed by atoms with van der Waals surface area (Å²) >= 11 is 1.81. The Bertz CT molecular complexity index is 1190. The summed E-state index contributed by atoms with van der Waals surface area (Å²) in [7, 11) is 0. The normalized spacial score (nSPS) is 16.3. The summed E-state index contributed by atoms with van der Waals surface area (Å²) in [6.07, 6.45) is 0. The van der Waals surface area contributed by atoms with E-state index < -0.39 is 0 Å². The van der Waals surface area contributed by atoms with Gasteiger partial charge in [-0.2, -0.15) is 0 Å². The number of hydrogen-bond donors (Lipinski definition) is 1. The highest BCUT2D eigenvalue weighted by Crippen LogP contribution is 2.28. The van der Waals surface area contributed by atoms with Gasteiger partial charge in [0.15, 0.2) is 5.82 Å². The van der Waals surface area contributed by atoms with E-state index in [1.54, 1.807) is 6.07 Å². The van der Waals surface area contributed by atoms with Crippen molar-refractivity contribution in [1.29, 1.82) is 0 Å². The topological polar surface area (TPSA) is 61.6 Å². The lowest BCUT2D eigenvalue weighted by Crippen LogP contribution is -2.49. The van der Waals surface area contributed by atoms with Crippen LogP contribution < -0.4 is 5.32 Å². The Balaban J connectivity index is 1.28. The molecule has 7 heteroatoms. The number of carbonyl (C=O) groups excluding carboxylic acids is 1. The summed E-state index contributed by atoms with van der Waals surface area (Å²) < 4.78 is 6.44. The van der Waals surface area contributed by atoms with Crippen LogP contribution >= 0.6 is 11.3 Å². The molecule has 1 fully saturated rings. The van der Waals surface area contributed by atoms with Gasteiger partial charge in [0.05, 0.1) is 0 Å². The van der Waals surface area contributed by atoms with Gasteiger partial charge in [-0.25, -0.2) is 0 Å². The molecule has 32 heavy (non-hydrogen) atoms. The van der Waals surface area contributed by atoms with Crippen LogP contribution in [0.15, 0.2) is 70.6 Å². The van der Waals surface area contributed by atoms with Crippen LogP contribution in [0.3, 0.4) is 0 Å². The standard InChI is InChI=1S/C25H26N4O2S/c1-18-15-23(27-31-18)26-25(30)24(19-7-3-2-4-8-19)29-13-11-28(12-14-29)16-20-17-32-22-10-6-5-9-21(20)22/h2-10,15,17,24H,11-14,16H2,1H3,(H,26,27,30). The van der Waals surface area contributed by atoms with Crippen LogP contribution in [0.25, 0.3) is 10.1 Å². The minimum atomic E-state index is -0.364. The Kier molecular flexibility index (Phi) is 6.03. The molecule has 0 aliphatic carbocycles. The number of benzene rings is 2. The second kappa shape index (κ2) is 9.24. The molecule has 2 aromatic carbocycles. The number of nitrogens with zero attached hydrogens (tertiary/aromatic N) is 3. The molecule has 1 amide bonds. The van der Waals surface area contributed by atoms with Gasteiger partial charge in [-0.1, -0.05) is 53.7 Å². The van der Waals surface area contributed by atoms with E-state index in [9.17, 15) is 4.79 Å². The van der Waals surface area contributed by atoms with Gasteiger partial charge in [-0.05, 0) is 34.9 Å². The smallest absolute Gasteiger partial charge is 0.247 e. The highest BCUT2D eigenvalue weighted by Gasteiger charge is 2.31. The van der Waals surface area contributed by atoms with Crippen LogP contribution in [-0.4, -0.2) is 47.0 Å². The zero-order valence-corrected chi connectivity index (χ0v) is 18.8. The average molecular weight is 447 g/mol. The highest BCUT2D eigenvalue weighted by molar-refractivity contribution is 7.17. The van der Waals surface area contributed by atoms with E-state index in [0.29, 0.717) is 11.6 Å². The Hall–Kier alpha value is -3.00. The fraction of sp³-hybridized carbons (Fsp3) is 0.280. The predicted molar refractivity (Wildman–Crippen MR) is 128 cm³/mol. The van der Waals surface area contributed by atoms with Crippen molar-refractivity contribution in [3.05, 3.63) is 82.9 Å². The average Bonchev–Trinajstić information content (AvgIpc) is 3.42. The van der Waals surface area contributed by atoms with E-state index >= 15 is 0 Å². The van der Waals surface area contributed by atoms with E-state index in [2.05, 4.69) is 49.9 Å². The third-order valence-electron chi connectivity index (χ3n) is 5.97. The van der Waals surface area contributed by atoms with Gasteiger partial charge in [0, 0.05) is 43.5 Å². The third-order valence-corrected chi connectivity index (χ3v) is 6.98. The Morgan fingerprint density at radius 1 is 1.09 bits per heavy atom. The molecule has 0 bridgehead atoms. The molecule has 2 aromatic heterocycles. The van der Waals surface area contributed by atoms with Crippen molar-refractivity contribution in [2.75, 3.05) is 31.5 Å². The van der Waals surface area contributed by atoms with Gasteiger partial charge in [0.25, 0.3) is 0 Å². The molecule has 6 nitrogen and oxygen atoms in total. The largest absolute Gasteiger partial charge is 0.360 e. The highest BCUT2D eigenvalue weighted by atomic mass is 32.1. The number of amides is 1. The molecule has 0 saturated carbocycles. The van der Waals surface area contributed by atoms with Gasteiger partial charge in [0.2, 0.25) is 5.91 Å². The van der Waals surface area contributed by atoms with Crippen LogP contribution in [0.4, 0.5) is 5.82 Å². The fourth-order valence-electron chi connectivity index (χ4n) is 4.36. The molecule has 0 radical (unpaired) electrons. The van der Waals surface area contributed by atoms with Crippen LogP contribution in [-0.2, 0) is 11.3 Å². The van der Waals surface area contributed by atoms with Gasteiger partial charge in [0.1, 0.15) is 11.8 Å². The molecule has 0 spiro atoms. The second-order valence-corrected chi connectivity index (χ2v) is 9.11. The van der Waals surface area contributed by atoms with Crippen molar-refractivity contribution >= 4 is 33.1 Å². The first-order valence-corrected chi connectivity index (χ1v) is 11.8. The molecule has 164 valence electrons. The molecule has 3 heterocycles. The predicted octanol–water partition coefficient (Wildman–Crippen LogP) is 4.70. The quantitative estimate of drug-likeness (QED) is 0.465. The Morgan fingerprint density at radius 3 is 2.59 bits per heavy atom. The van der Waals surface area contributed by atoms with Gasteiger partial charge in [-0.3, -0.25) is 14.6 Å². The number of anilines is 1. The minimum Gasteiger partial charge on any atom is -0.360 e. The lowest BCUT2D eigenvalue weighted by molar-refractivity contribution is -0.122. The van der Waals surface area contributed by atoms with Crippen LogP contribution in [0.1, 0.15) is 22.9 Å². The number of nitrogens with one attached hydrogen (secondary N) is 1. The lowest BCUT2D eigenvalue weighted by atomic mass is 10.0. The molecule has 1 aliphatic rings. The number of piperazine rings is 1. The molecule has 4 aromatic rings. The van der Waals surface area contributed by atoms with Gasteiger partial charge >= 0.3 is 0 Å². The molecule has 1 aliphatic heterocycles. The van der Waals surface area contributed by atoms with E-state index in [1.165, 1.54) is 15.6 Å². The first kappa shape index (κ1) is 20.9. The number of fused-ring (bicyclic) bond motifs is 1. The molecular weight excluding hydrogens is 420 g/mol. The van der Waals surface area contributed by atoms with Gasteiger partial charge in [-0.15, -0.1) is 11.3 Å². The van der Waals surface area contributed by atoms with Crippen molar-refractivity contribution in [2.24, 2.45) is 0 Å². The van der Waals surface area contributed by atoms with Gasteiger partial charge < -0.3 is 9.84 Å². The summed E-state index contributed by atoms with van der Waals surface area (Å²) in [6.45, 7) is 6.25. The SMILES string of the molecule is Cc1cc(NC(=O)C(c2ccccc2)N2CCN(Cc3csc4ccccc34)CC2)no1. The summed E-state index contributed by atoms with van der Waals surface area (Å²) in [5.41, 5.74) is 2.38.